The number of nitrogens with two attached hydrogens (primary N) is 1. The predicted molar refractivity (Wildman–Crippen MR) is 198 cm³/mol. The normalized spacial score (nSPS) is 12.1. The lowest BCUT2D eigenvalue weighted by atomic mass is 10.1. The summed E-state index contributed by atoms with van der Waals surface area (Å²) in [6, 6.07) is 0. The van der Waals surface area contributed by atoms with Crippen molar-refractivity contribution in [2.24, 2.45) is 5.73 Å². The zero-order valence-electron chi connectivity index (χ0n) is 31.3. The Labute approximate surface area is 287 Å². The Morgan fingerprint density at radius 3 is 1.59 bits per heavy atom. The Morgan fingerprint density at radius 2 is 1.04 bits per heavy atom. The van der Waals surface area contributed by atoms with Gasteiger partial charge in [-0.25, -0.2) is 4.79 Å². The highest BCUT2D eigenvalue weighted by Crippen LogP contribution is 2.12. The molecule has 0 saturated carbocycles. The lowest BCUT2D eigenvalue weighted by molar-refractivity contribution is -0.0506. The Balaban J connectivity index is 4.46. The van der Waals surface area contributed by atoms with Crippen LogP contribution in [0.3, 0.4) is 0 Å². The second-order valence-electron chi connectivity index (χ2n) is 13.4. The van der Waals surface area contributed by atoms with Gasteiger partial charge in [-0.15, -0.1) is 0 Å². The van der Waals surface area contributed by atoms with Gasteiger partial charge < -0.3 is 30.2 Å². The minimum Gasteiger partial charge on any atom is -0.447 e. The van der Waals surface area contributed by atoms with Crippen molar-refractivity contribution in [2.45, 2.75) is 187 Å². The van der Waals surface area contributed by atoms with Gasteiger partial charge in [0.2, 0.25) is 0 Å². The number of amides is 1. The fraction of sp³-hybridized carbons (Fsp3) is 0.974. The number of ether oxygens (including phenoxy) is 3. The highest BCUT2D eigenvalue weighted by molar-refractivity contribution is 5.67. The zero-order valence-corrected chi connectivity index (χ0v) is 31.3. The maximum absolute atomic E-state index is 13.0. The molecule has 3 N–H and O–H groups in total. The van der Waals surface area contributed by atoms with Crippen LogP contribution in [0.1, 0.15) is 181 Å². The van der Waals surface area contributed by atoms with Crippen molar-refractivity contribution >= 4 is 6.09 Å². The van der Waals surface area contributed by atoms with Gasteiger partial charge in [-0.3, -0.25) is 0 Å². The molecule has 0 aromatic carbocycles. The molecular formula is C39H81N3O4. The van der Waals surface area contributed by atoms with Gasteiger partial charge in [0.25, 0.3) is 0 Å². The van der Waals surface area contributed by atoms with Crippen molar-refractivity contribution in [2.75, 3.05) is 59.2 Å². The molecule has 7 nitrogen and oxygen atoms in total. The third-order valence-corrected chi connectivity index (χ3v) is 8.82. The van der Waals surface area contributed by atoms with Crippen LogP contribution in [-0.4, -0.2) is 76.2 Å². The Morgan fingerprint density at radius 1 is 0.565 bits per heavy atom. The minimum absolute atomic E-state index is 0.218. The van der Waals surface area contributed by atoms with Crippen LogP contribution >= 0.6 is 0 Å². The molecule has 0 bridgehead atoms. The van der Waals surface area contributed by atoms with Gasteiger partial charge in [0.1, 0.15) is 12.7 Å². The van der Waals surface area contributed by atoms with E-state index in [4.69, 9.17) is 19.9 Å². The molecule has 0 aliphatic carbocycles. The summed E-state index contributed by atoms with van der Waals surface area (Å²) >= 11 is 0. The summed E-state index contributed by atoms with van der Waals surface area (Å²) in [6.45, 7) is 12.9. The second-order valence-corrected chi connectivity index (χ2v) is 13.4. The first-order valence-corrected chi connectivity index (χ1v) is 20.2. The maximum Gasteiger partial charge on any atom is 0.409 e. The van der Waals surface area contributed by atoms with E-state index in [0.717, 1.165) is 51.8 Å². The fourth-order valence-electron chi connectivity index (χ4n) is 5.70. The predicted octanol–water partition coefficient (Wildman–Crippen LogP) is 10.2. The summed E-state index contributed by atoms with van der Waals surface area (Å²) in [7, 11) is 0. The first-order chi connectivity index (χ1) is 22.7. The summed E-state index contributed by atoms with van der Waals surface area (Å²) in [6.07, 6.45) is 30.9. The number of hydrogen-bond acceptors (Lipinski definition) is 6. The zero-order chi connectivity index (χ0) is 33.6. The number of rotatable bonds is 38. The quantitative estimate of drug-likeness (QED) is 0.0644. The van der Waals surface area contributed by atoms with Crippen LogP contribution in [0.5, 0.6) is 0 Å². The molecule has 7 heteroatoms. The summed E-state index contributed by atoms with van der Waals surface area (Å²) in [5.74, 6) is 0. The molecule has 1 unspecified atom stereocenters. The SMILES string of the molecule is CCCCCCCCCCCCOCC(COC(=O)N(CCCN)CCCCNCCCC)OCCCCCCCCCCCC. The largest absolute Gasteiger partial charge is 0.447 e. The molecule has 0 aliphatic rings. The molecule has 0 fully saturated rings. The highest BCUT2D eigenvalue weighted by Gasteiger charge is 2.18. The van der Waals surface area contributed by atoms with Gasteiger partial charge in [0, 0.05) is 26.3 Å². The first-order valence-electron chi connectivity index (χ1n) is 20.2. The van der Waals surface area contributed by atoms with E-state index in [2.05, 4.69) is 26.1 Å². The number of nitrogens with zero attached hydrogens (tertiary/aromatic N) is 1. The lowest BCUT2D eigenvalue weighted by Gasteiger charge is -2.24. The average molecular weight is 656 g/mol. The van der Waals surface area contributed by atoms with E-state index < -0.39 is 0 Å². The van der Waals surface area contributed by atoms with Crippen LogP contribution in [0.25, 0.3) is 0 Å². The van der Waals surface area contributed by atoms with Gasteiger partial charge in [-0.1, -0.05) is 143 Å². The molecule has 0 heterocycles. The summed E-state index contributed by atoms with van der Waals surface area (Å²) in [4.78, 5) is 14.9. The maximum atomic E-state index is 13.0. The third-order valence-electron chi connectivity index (χ3n) is 8.82. The lowest BCUT2D eigenvalue weighted by Crippen LogP contribution is -2.37. The molecule has 0 radical (unpaired) electrons. The molecule has 276 valence electrons. The van der Waals surface area contributed by atoms with Crippen molar-refractivity contribution in [3.63, 3.8) is 0 Å². The molecule has 0 aromatic heterocycles. The molecule has 46 heavy (non-hydrogen) atoms. The monoisotopic (exact) mass is 656 g/mol. The van der Waals surface area contributed by atoms with E-state index in [1.165, 1.54) is 128 Å². The Bertz CT molecular complexity index is 596. The molecule has 0 spiro atoms. The van der Waals surface area contributed by atoms with E-state index in [1.807, 2.05) is 4.90 Å². The van der Waals surface area contributed by atoms with Crippen LogP contribution in [-0.2, 0) is 14.2 Å². The van der Waals surface area contributed by atoms with Crippen LogP contribution in [0, 0.1) is 0 Å². The number of carbonyl (C=O) groups excluding carboxylic acids is 1. The Kier molecular flexibility index (Phi) is 37.8. The number of nitrogens with one attached hydrogen (secondary N) is 1. The summed E-state index contributed by atoms with van der Waals surface area (Å²) in [5, 5.41) is 3.48. The van der Waals surface area contributed by atoms with Crippen molar-refractivity contribution in [1.82, 2.24) is 10.2 Å². The van der Waals surface area contributed by atoms with Gasteiger partial charge >= 0.3 is 6.09 Å². The molecule has 0 aliphatic heterocycles. The Hall–Kier alpha value is -0.890. The average Bonchev–Trinajstić information content (AvgIpc) is 3.06. The van der Waals surface area contributed by atoms with Gasteiger partial charge in [0.15, 0.2) is 0 Å². The molecule has 0 aromatic rings. The second kappa shape index (κ2) is 38.6. The van der Waals surface area contributed by atoms with Crippen LogP contribution < -0.4 is 11.1 Å². The third kappa shape index (κ3) is 33.0. The summed E-state index contributed by atoms with van der Waals surface area (Å²) < 4.78 is 18.1. The molecule has 1 atom stereocenters. The van der Waals surface area contributed by atoms with Crippen molar-refractivity contribution in [1.29, 1.82) is 0 Å². The van der Waals surface area contributed by atoms with E-state index >= 15 is 0 Å². The fourth-order valence-corrected chi connectivity index (χ4v) is 5.70. The summed E-state index contributed by atoms with van der Waals surface area (Å²) in [5.41, 5.74) is 5.76. The molecule has 1 amide bonds. The van der Waals surface area contributed by atoms with Gasteiger partial charge in [-0.2, -0.15) is 0 Å². The molecule has 0 rings (SSSR count). The van der Waals surface area contributed by atoms with Gasteiger partial charge in [-0.05, 0) is 58.2 Å². The number of carbonyl (C=O) groups is 1. The van der Waals surface area contributed by atoms with Crippen molar-refractivity contribution in [3.8, 4) is 0 Å². The molecular weight excluding hydrogens is 574 g/mol. The van der Waals surface area contributed by atoms with Crippen LogP contribution in [0.4, 0.5) is 4.79 Å². The minimum atomic E-state index is -0.255. The van der Waals surface area contributed by atoms with E-state index in [-0.39, 0.29) is 18.8 Å². The standard InChI is InChI=1S/C39H81N3O4/c1-4-7-10-12-14-16-18-20-22-26-34-44-36-38(45-35-27-23-21-19-17-15-13-11-8-5-2)37-46-39(43)42(33-28-29-40)32-25-24-31-41-30-9-6-3/h38,41H,4-37,40H2,1-3H3. The van der Waals surface area contributed by atoms with E-state index in [1.54, 1.807) is 0 Å². The van der Waals surface area contributed by atoms with Crippen LogP contribution in [0.2, 0.25) is 0 Å². The topological polar surface area (TPSA) is 86.1 Å². The number of unbranched alkanes of at least 4 members (excludes halogenated alkanes) is 20. The van der Waals surface area contributed by atoms with E-state index in [0.29, 0.717) is 32.8 Å². The van der Waals surface area contributed by atoms with Crippen molar-refractivity contribution < 1.29 is 19.0 Å². The van der Waals surface area contributed by atoms with Crippen molar-refractivity contribution in [3.05, 3.63) is 0 Å². The van der Waals surface area contributed by atoms with E-state index in [9.17, 15) is 4.79 Å². The first kappa shape index (κ1) is 45.1. The highest BCUT2D eigenvalue weighted by atomic mass is 16.6. The van der Waals surface area contributed by atoms with Crippen LogP contribution in [0.15, 0.2) is 0 Å². The smallest absolute Gasteiger partial charge is 0.409 e. The number of hydrogen-bond donors (Lipinski definition) is 2. The van der Waals surface area contributed by atoms with Gasteiger partial charge in [0.05, 0.1) is 6.61 Å². The molecule has 0 saturated heterocycles.